The van der Waals surface area contributed by atoms with E-state index < -0.39 is 0 Å². The van der Waals surface area contributed by atoms with Gasteiger partial charge in [-0.15, -0.1) is 0 Å². The number of aromatic nitrogens is 6. The summed E-state index contributed by atoms with van der Waals surface area (Å²) < 4.78 is 0. The largest absolute Gasteiger partial charge is 0.338 e. The summed E-state index contributed by atoms with van der Waals surface area (Å²) in [5.74, 6) is 1.40. The van der Waals surface area contributed by atoms with E-state index in [1.54, 1.807) is 115 Å². The first kappa shape index (κ1) is 35.9. The quantitative estimate of drug-likeness (QED) is 0.123. The van der Waals surface area contributed by atoms with Crippen LogP contribution in [0.1, 0.15) is 20.7 Å². The van der Waals surface area contributed by atoms with E-state index in [1.165, 1.54) is 0 Å². The van der Waals surface area contributed by atoms with E-state index in [9.17, 15) is 9.59 Å². The van der Waals surface area contributed by atoms with E-state index >= 15 is 0 Å². The van der Waals surface area contributed by atoms with Gasteiger partial charge in [0.2, 0.25) is 0 Å². The summed E-state index contributed by atoms with van der Waals surface area (Å²) in [5.41, 5.74) is 4.99. The van der Waals surface area contributed by atoms with Gasteiger partial charge in [-0.25, -0.2) is 19.9 Å². The van der Waals surface area contributed by atoms with E-state index in [2.05, 4.69) is 40.5 Å². The Kier molecular flexibility index (Phi) is 10.6. The SMILES string of the molecule is O=C(Nc1cccc(Cl)n1)c1ccc2nc(-c3c(Cl)cccc3Cl)[nH]c2c1.O=C(Nc1ccccn1)c1ccc2nc(-c3c(Cl)cccc3Cl)[nH]c2c1. The number of imidazole rings is 2. The maximum atomic E-state index is 12.5. The van der Waals surface area contributed by atoms with Crippen molar-refractivity contribution in [3.63, 3.8) is 0 Å². The fourth-order valence-electron chi connectivity index (χ4n) is 5.28. The molecule has 8 rings (SSSR count). The molecule has 8 aromatic rings. The Morgan fingerprint density at radius 2 is 0.981 bits per heavy atom. The molecule has 4 heterocycles. The van der Waals surface area contributed by atoms with E-state index in [0.717, 1.165) is 0 Å². The number of hydrogen-bond donors (Lipinski definition) is 4. The van der Waals surface area contributed by atoms with E-state index in [0.29, 0.717) is 92.8 Å². The number of nitrogens with one attached hydrogen (secondary N) is 4. The van der Waals surface area contributed by atoms with Crippen LogP contribution in [0.5, 0.6) is 0 Å². The first-order valence-electron chi connectivity index (χ1n) is 15.7. The number of amides is 2. The lowest BCUT2D eigenvalue weighted by molar-refractivity contribution is 0.101. The summed E-state index contributed by atoms with van der Waals surface area (Å²) >= 11 is 30.8. The van der Waals surface area contributed by atoms with Crippen LogP contribution in [0, 0.1) is 0 Å². The van der Waals surface area contributed by atoms with Crippen molar-refractivity contribution in [1.82, 2.24) is 29.9 Å². The lowest BCUT2D eigenvalue weighted by Crippen LogP contribution is -2.12. The third kappa shape index (κ3) is 8.12. The topological polar surface area (TPSA) is 141 Å². The standard InChI is InChI=1S/C19H11Cl3N4O.C19H12Cl2N4O/c20-11-3-1-4-12(21)17(11)18-23-13-8-7-10(9-14(13)24-18)19(27)26-16-6-2-5-15(22)25-16;20-12-4-3-5-13(21)17(12)18-23-14-8-7-11(10-15(14)24-18)19(26)25-16-6-1-2-9-22-16/h1-9H,(H,23,24)(H,25,26,27);1-10H,(H,23,24)(H,22,25,26). The molecule has 0 saturated heterocycles. The molecule has 0 aliphatic heterocycles. The molecule has 0 fully saturated rings. The van der Waals surface area contributed by atoms with Crippen molar-refractivity contribution in [3.8, 4) is 22.8 Å². The second kappa shape index (κ2) is 15.6. The maximum absolute atomic E-state index is 12.5. The highest BCUT2D eigenvalue weighted by Gasteiger charge is 2.16. The molecule has 2 amide bonds. The van der Waals surface area contributed by atoms with Gasteiger partial charge in [-0.2, -0.15) is 0 Å². The van der Waals surface area contributed by atoms with Crippen LogP contribution in [0.25, 0.3) is 44.8 Å². The number of carbonyl (C=O) groups excluding carboxylic acids is 2. The molecule has 4 N–H and O–H groups in total. The van der Waals surface area contributed by atoms with Crippen molar-refractivity contribution >= 4 is 104 Å². The van der Waals surface area contributed by atoms with Crippen LogP contribution in [-0.4, -0.2) is 41.7 Å². The summed E-state index contributed by atoms with van der Waals surface area (Å²) in [6, 6.07) is 31.2. The van der Waals surface area contributed by atoms with Crippen LogP contribution in [0.2, 0.25) is 25.2 Å². The Bertz CT molecular complexity index is 2610. The van der Waals surface area contributed by atoms with Gasteiger partial charge in [0, 0.05) is 17.3 Å². The molecule has 0 atom stereocenters. The number of halogens is 5. The zero-order chi connectivity index (χ0) is 37.1. The number of benzene rings is 4. The zero-order valence-corrected chi connectivity index (χ0v) is 30.7. The highest BCUT2D eigenvalue weighted by molar-refractivity contribution is 6.39. The fourth-order valence-corrected chi connectivity index (χ4v) is 6.59. The summed E-state index contributed by atoms with van der Waals surface area (Å²) in [6.45, 7) is 0. The number of nitrogens with zero attached hydrogens (tertiary/aromatic N) is 4. The summed E-state index contributed by atoms with van der Waals surface area (Å²) in [4.78, 5) is 48.4. The Morgan fingerprint density at radius 1 is 0.509 bits per heavy atom. The Labute approximate surface area is 326 Å². The van der Waals surface area contributed by atoms with Gasteiger partial charge in [0.25, 0.3) is 11.8 Å². The van der Waals surface area contributed by atoms with Gasteiger partial charge in [-0.05, 0) is 84.9 Å². The zero-order valence-electron chi connectivity index (χ0n) is 27.0. The van der Waals surface area contributed by atoms with Gasteiger partial charge < -0.3 is 20.6 Å². The number of carbonyl (C=O) groups is 2. The summed E-state index contributed by atoms with van der Waals surface area (Å²) in [6.07, 6.45) is 1.62. The monoisotopic (exact) mass is 798 g/mol. The number of rotatable bonds is 6. The van der Waals surface area contributed by atoms with E-state index in [1.807, 2.05) is 0 Å². The van der Waals surface area contributed by atoms with Crippen molar-refractivity contribution in [2.45, 2.75) is 0 Å². The number of aromatic amines is 2. The minimum Gasteiger partial charge on any atom is -0.338 e. The van der Waals surface area contributed by atoms with Crippen molar-refractivity contribution < 1.29 is 9.59 Å². The van der Waals surface area contributed by atoms with Crippen LogP contribution >= 0.6 is 58.0 Å². The van der Waals surface area contributed by atoms with Crippen molar-refractivity contribution in [2.24, 2.45) is 0 Å². The second-order valence-electron chi connectivity index (χ2n) is 11.3. The average Bonchev–Trinajstić information content (AvgIpc) is 3.75. The van der Waals surface area contributed by atoms with Crippen LogP contribution in [0.4, 0.5) is 11.6 Å². The Morgan fingerprint density at radius 3 is 1.45 bits per heavy atom. The maximum Gasteiger partial charge on any atom is 0.256 e. The summed E-state index contributed by atoms with van der Waals surface area (Å²) in [5, 5.41) is 7.76. The predicted octanol–water partition coefficient (Wildman–Crippen LogP) is 11.0. The molecule has 0 saturated carbocycles. The molecule has 0 bridgehead atoms. The van der Waals surface area contributed by atoms with Gasteiger partial charge in [-0.1, -0.05) is 82.3 Å². The van der Waals surface area contributed by atoms with Crippen LogP contribution in [0.3, 0.4) is 0 Å². The van der Waals surface area contributed by atoms with Gasteiger partial charge in [0.1, 0.15) is 28.4 Å². The van der Waals surface area contributed by atoms with E-state index in [4.69, 9.17) is 58.0 Å². The number of fused-ring (bicyclic) bond motifs is 2. The molecule has 10 nitrogen and oxygen atoms in total. The molecule has 53 heavy (non-hydrogen) atoms. The van der Waals surface area contributed by atoms with Crippen LogP contribution < -0.4 is 10.6 Å². The third-order valence-electron chi connectivity index (χ3n) is 7.75. The third-order valence-corrected chi connectivity index (χ3v) is 9.22. The molecule has 262 valence electrons. The van der Waals surface area contributed by atoms with Gasteiger partial charge >= 0.3 is 0 Å². The smallest absolute Gasteiger partial charge is 0.256 e. The van der Waals surface area contributed by atoms with Crippen LogP contribution in [-0.2, 0) is 0 Å². The van der Waals surface area contributed by atoms with Gasteiger partial charge in [0.15, 0.2) is 0 Å². The lowest BCUT2D eigenvalue weighted by atomic mass is 10.2. The van der Waals surface area contributed by atoms with Crippen molar-refractivity contribution in [1.29, 1.82) is 0 Å². The average molecular weight is 801 g/mol. The molecule has 15 heteroatoms. The van der Waals surface area contributed by atoms with Gasteiger partial charge in [-0.3, -0.25) is 9.59 Å². The fraction of sp³-hybridized carbons (Fsp3) is 0. The van der Waals surface area contributed by atoms with Crippen molar-refractivity contribution in [2.75, 3.05) is 10.6 Å². The predicted molar refractivity (Wildman–Crippen MR) is 212 cm³/mol. The molecule has 4 aromatic heterocycles. The van der Waals surface area contributed by atoms with Crippen LogP contribution in [0.15, 0.2) is 115 Å². The Balaban J connectivity index is 0.000000164. The second-order valence-corrected chi connectivity index (χ2v) is 13.3. The molecule has 4 aromatic carbocycles. The summed E-state index contributed by atoms with van der Waals surface area (Å²) in [7, 11) is 0. The molecule has 0 aliphatic carbocycles. The molecular formula is C38H23Cl5N8O2. The van der Waals surface area contributed by atoms with Crippen molar-refractivity contribution in [3.05, 3.63) is 152 Å². The lowest BCUT2D eigenvalue weighted by Gasteiger charge is -2.04. The number of H-pyrrole nitrogens is 2. The normalized spacial score (nSPS) is 10.9. The molecule has 0 spiro atoms. The van der Waals surface area contributed by atoms with Gasteiger partial charge in [0.05, 0.1) is 53.3 Å². The minimum atomic E-state index is -0.307. The molecule has 0 radical (unpaired) electrons. The highest BCUT2D eigenvalue weighted by atomic mass is 35.5. The first-order valence-corrected chi connectivity index (χ1v) is 17.6. The minimum absolute atomic E-state index is 0.252. The number of anilines is 2. The number of pyridine rings is 2. The molecule has 0 unspecified atom stereocenters. The molecule has 0 aliphatic rings. The Hall–Kier alpha value is -5.49. The first-order chi connectivity index (χ1) is 25.6. The molecular weight excluding hydrogens is 778 g/mol. The number of hydrogen-bond acceptors (Lipinski definition) is 6. The van der Waals surface area contributed by atoms with E-state index in [-0.39, 0.29) is 11.8 Å². The highest BCUT2D eigenvalue weighted by Crippen LogP contribution is 2.35.